The topological polar surface area (TPSA) is 78.9 Å². The van der Waals surface area contributed by atoms with Gasteiger partial charge in [-0.3, -0.25) is 0 Å². The molecule has 0 N–H and O–H groups in total. The molecule has 1 unspecified atom stereocenters. The monoisotopic (exact) mass is 616 g/mol. The van der Waals surface area contributed by atoms with E-state index in [1.54, 1.807) is 0 Å². The lowest BCUT2D eigenvalue weighted by molar-refractivity contribution is -0.179. The molecule has 0 amide bonds. The minimum absolute atomic E-state index is 0.0269. The van der Waals surface area contributed by atoms with Gasteiger partial charge in [-0.2, -0.15) is 0 Å². The molecule has 0 saturated heterocycles. The number of alkyl halides is 2. The Bertz CT molecular complexity index is 760. The van der Waals surface area contributed by atoms with Crippen molar-refractivity contribution in [3.8, 4) is 0 Å². The first-order valence-corrected chi connectivity index (χ1v) is 17.1. The predicted octanol–water partition coefficient (Wildman–Crippen LogP) is 9.86. The Hall–Kier alpha value is -1.99. The predicted molar refractivity (Wildman–Crippen MR) is 169 cm³/mol. The van der Waals surface area contributed by atoms with Gasteiger partial charge in [0.1, 0.15) is 13.2 Å². The van der Waals surface area contributed by atoms with E-state index in [1.165, 1.54) is 6.92 Å². The number of unbranched alkanes of at least 4 members (excludes halogenated alkanes) is 12. The van der Waals surface area contributed by atoms with E-state index < -0.39 is 48.6 Å². The highest BCUT2D eigenvalue weighted by Gasteiger charge is 2.42. The first kappa shape index (κ1) is 41.0. The molecule has 0 spiro atoms. The van der Waals surface area contributed by atoms with Crippen molar-refractivity contribution in [3.05, 3.63) is 12.2 Å². The van der Waals surface area contributed by atoms with Gasteiger partial charge in [0.2, 0.25) is 11.3 Å². The van der Waals surface area contributed by atoms with Crippen LogP contribution < -0.4 is 0 Å². The maximum absolute atomic E-state index is 16.2. The number of ether oxygens (including phenoxy) is 3. The zero-order chi connectivity index (χ0) is 32.6. The summed E-state index contributed by atoms with van der Waals surface area (Å²) in [5.74, 6) is -2.79. The summed E-state index contributed by atoms with van der Waals surface area (Å²) >= 11 is 0. The normalized spacial score (nSPS) is 12.5. The van der Waals surface area contributed by atoms with Crippen LogP contribution in [-0.4, -0.2) is 48.6 Å². The van der Waals surface area contributed by atoms with Crippen LogP contribution in [0.15, 0.2) is 12.2 Å². The Morgan fingerprint density at radius 3 is 1.28 bits per heavy atom. The van der Waals surface area contributed by atoms with E-state index in [-0.39, 0.29) is 31.3 Å². The number of hydrogen-bond acceptors (Lipinski definition) is 6. The highest BCUT2D eigenvalue weighted by atomic mass is 19.1. The molecular weight excluding hydrogens is 554 g/mol. The first-order valence-electron chi connectivity index (χ1n) is 17.1. The van der Waals surface area contributed by atoms with E-state index in [2.05, 4.69) is 34.3 Å². The van der Waals surface area contributed by atoms with Crippen LogP contribution in [0.1, 0.15) is 163 Å². The molecule has 0 saturated carbocycles. The van der Waals surface area contributed by atoms with Crippen LogP contribution in [-0.2, 0) is 28.6 Å². The van der Waals surface area contributed by atoms with E-state index in [0.29, 0.717) is 25.7 Å². The molecule has 0 bridgehead atoms. The fraction of sp³-hybridized carbons (Fsp3) is 0.857. The van der Waals surface area contributed by atoms with E-state index in [4.69, 9.17) is 14.2 Å². The van der Waals surface area contributed by atoms with E-state index in [9.17, 15) is 14.4 Å². The van der Waals surface area contributed by atoms with Gasteiger partial charge in [-0.15, -0.1) is 0 Å². The third kappa shape index (κ3) is 18.4. The number of esters is 3. The maximum Gasteiger partial charge on any atom is 0.344 e. The third-order valence-corrected chi connectivity index (χ3v) is 7.86. The van der Waals surface area contributed by atoms with Crippen LogP contribution >= 0.6 is 0 Å². The largest absolute Gasteiger partial charge is 0.459 e. The van der Waals surface area contributed by atoms with Crippen LogP contribution in [0.2, 0.25) is 0 Å². The molecule has 0 heterocycles. The van der Waals surface area contributed by atoms with Crippen LogP contribution in [0.25, 0.3) is 0 Å². The zero-order valence-electron chi connectivity index (χ0n) is 28.0. The molecule has 0 aromatic heterocycles. The smallest absolute Gasteiger partial charge is 0.344 e. The Labute approximate surface area is 261 Å². The quantitative estimate of drug-likeness (QED) is 0.0377. The summed E-state index contributed by atoms with van der Waals surface area (Å²) in [7, 11) is 0. The van der Waals surface area contributed by atoms with Gasteiger partial charge >= 0.3 is 17.9 Å². The summed E-state index contributed by atoms with van der Waals surface area (Å²) in [6, 6.07) is 0. The van der Waals surface area contributed by atoms with Crippen LogP contribution in [0.4, 0.5) is 8.78 Å². The third-order valence-electron chi connectivity index (χ3n) is 7.86. The number of rotatable bonds is 28. The molecule has 8 heteroatoms. The van der Waals surface area contributed by atoms with Crippen LogP contribution in [0, 0.1) is 0 Å². The first-order chi connectivity index (χ1) is 20.5. The highest BCUT2D eigenvalue weighted by molar-refractivity contribution is 5.87. The summed E-state index contributed by atoms with van der Waals surface area (Å²) in [5, 5.41) is 0. The number of carbonyl (C=O) groups excluding carboxylic acids is 3. The van der Waals surface area contributed by atoms with Crippen LogP contribution in [0.3, 0.4) is 0 Å². The minimum atomic E-state index is -2.20. The fourth-order valence-electron chi connectivity index (χ4n) is 4.95. The van der Waals surface area contributed by atoms with Crippen molar-refractivity contribution < 1.29 is 37.4 Å². The summed E-state index contributed by atoms with van der Waals surface area (Å²) in [5.41, 5.74) is -4.23. The average Bonchev–Trinajstić information content (AvgIpc) is 2.98. The zero-order valence-corrected chi connectivity index (χ0v) is 28.0. The SMILES string of the molecule is C=C(C)C(=O)OCC(COC(=O)C(F)(CCCCCC)CCCCCC)OC(=O)C(F)(CCCCCC)CCCCCC. The Morgan fingerprint density at radius 1 is 0.581 bits per heavy atom. The van der Waals surface area contributed by atoms with Gasteiger partial charge in [-0.1, -0.05) is 111 Å². The molecule has 252 valence electrons. The van der Waals surface area contributed by atoms with Crippen molar-refractivity contribution in [2.45, 2.75) is 180 Å². The number of carbonyl (C=O) groups is 3. The van der Waals surface area contributed by atoms with Gasteiger partial charge in [-0.05, 0) is 58.3 Å². The van der Waals surface area contributed by atoms with Crippen molar-refractivity contribution in [1.29, 1.82) is 0 Å². The second-order valence-electron chi connectivity index (χ2n) is 12.2. The Balaban J connectivity index is 5.69. The van der Waals surface area contributed by atoms with E-state index in [1.807, 2.05) is 0 Å². The molecule has 0 rings (SSSR count). The summed E-state index contributed by atoms with van der Waals surface area (Å²) in [4.78, 5) is 38.4. The summed E-state index contributed by atoms with van der Waals surface area (Å²) < 4.78 is 48.3. The van der Waals surface area contributed by atoms with E-state index >= 15 is 8.78 Å². The molecule has 0 aromatic rings. The van der Waals surface area contributed by atoms with Crippen molar-refractivity contribution in [2.75, 3.05) is 13.2 Å². The van der Waals surface area contributed by atoms with Crippen molar-refractivity contribution >= 4 is 17.9 Å². The fourth-order valence-corrected chi connectivity index (χ4v) is 4.95. The lowest BCUT2D eigenvalue weighted by Crippen LogP contribution is -2.42. The van der Waals surface area contributed by atoms with Gasteiger partial charge in [-0.25, -0.2) is 23.2 Å². The van der Waals surface area contributed by atoms with Crippen molar-refractivity contribution in [2.24, 2.45) is 0 Å². The molecule has 0 aromatic carbocycles. The second-order valence-corrected chi connectivity index (χ2v) is 12.2. The Kier molecular flexibility index (Phi) is 23.2. The highest BCUT2D eigenvalue weighted by Crippen LogP contribution is 2.31. The van der Waals surface area contributed by atoms with Crippen molar-refractivity contribution in [1.82, 2.24) is 0 Å². The average molecular weight is 617 g/mol. The molecule has 0 aliphatic carbocycles. The standard InChI is InChI=1S/C35H62F2O6/c1-7-11-15-19-23-34(36,24-20-16-12-8-2)32(39)42-28-30(27-41-31(38)29(5)6)43-33(40)35(37,25-21-17-13-9-3)26-22-18-14-10-4/h30H,5,7-28H2,1-4,6H3. The van der Waals surface area contributed by atoms with Gasteiger partial charge < -0.3 is 14.2 Å². The molecule has 6 nitrogen and oxygen atoms in total. The maximum atomic E-state index is 16.2. The van der Waals surface area contributed by atoms with Gasteiger partial charge in [0.25, 0.3) is 0 Å². The molecule has 0 aliphatic heterocycles. The second kappa shape index (κ2) is 24.3. The molecule has 43 heavy (non-hydrogen) atoms. The lowest BCUT2D eigenvalue weighted by Gasteiger charge is -2.28. The molecular formula is C35H62F2O6. The summed E-state index contributed by atoms with van der Waals surface area (Å²) in [6.45, 7) is 12.3. The molecule has 0 aliphatic rings. The van der Waals surface area contributed by atoms with Crippen molar-refractivity contribution in [3.63, 3.8) is 0 Å². The number of hydrogen-bond donors (Lipinski definition) is 0. The summed E-state index contributed by atoms with van der Waals surface area (Å²) in [6.07, 6.45) is 12.1. The van der Waals surface area contributed by atoms with Gasteiger partial charge in [0.05, 0.1) is 0 Å². The number of halogens is 2. The lowest BCUT2D eigenvalue weighted by atomic mass is 9.91. The molecule has 0 radical (unpaired) electrons. The van der Waals surface area contributed by atoms with Crippen LogP contribution in [0.5, 0.6) is 0 Å². The molecule has 0 fully saturated rings. The van der Waals surface area contributed by atoms with Gasteiger partial charge in [0.15, 0.2) is 6.10 Å². The van der Waals surface area contributed by atoms with E-state index in [0.717, 1.165) is 77.0 Å². The molecule has 1 atom stereocenters. The minimum Gasteiger partial charge on any atom is -0.459 e. The Morgan fingerprint density at radius 2 is 0.930 bits per heavy atom. The van der Waals surface area contributed by atoms with Gasteiger partial charge in [0, 0.05) is 5.57 Å².